The molecule has 10 heteroatoms. The maximum Gasteiger partial charge on any atom is 0.387 e. The summed E-state index contributed by atoms with van der Waals surface area (Å²) in [5.74, 6) is 0.132. The van der Waals surface area contributed by atoms with Crippen LogP contribution in [0.1, 0.15) is 32.2 Å². The summed E-state index contributed by atoms with van der Waals surface area (Å²) in [5, 5.41) is 0.170. The summed E-state index contributed by atoms with van der Waals surface area (Å²) >= 11 is 0. The molecule has 2 aromatic rings. The Bertz CT molecular complexity index is 987. The molecule has 1 saturated carbocycles. The highest BCUT2D eigenvalue weighted by Crippen LogP contribution is 2.42. The number of halogens is 3. The van der Waals surface area contributed by atoms with Crippen molar-refractivity contribution in [2.24, 2.45) is 11.7 Å². The highest BCUT2D eigenvalue weighted by Gasteiger charge is 2.32. The third-order valence-electron chi connectivity index (χ3n) is 5.46. The smallest absolute Gasteiger partial charge is 0.387 e. The van der Waals surface area contributed by atoms with E-state index in [2.05, 4.69) is 4.98 Å². The minimum atomic E-state index is -3.07. The zero-order chi connectivity index (χ0) is 19.3. The second kappa shape index (κ2) is 7.71. The second-order valence-corrected chi connectivity index (χ2v) is 7.40. The van der Waals surface area contributed by atoms with Gasteiger partial charge >= 0.3 is 12.3 Å². The highest BCUT2D eigenvalue weighted by atomic mass is 35.5. The standard InChI is InChI=1S/C18H22F2N4O3.ClH/c1-9(21)10-6-7-23(8-10)13-5-4-12-14(15(13)27-17(19)20)24(11-2-3-11)18(26)22-16(12)25;/h4-5,9-11,17H,2-3,6-8,21H2,1H3,(H,22,25,26);1H/t9-,10+;/m1./s1. The van der Waals surface area contributed by atoms with E-state index in [1.165, 1.54) is 4.57 Å². The molecule has 0 spiro atoms. The second-order valence-electron chi connectivity index (χ2n) is 7.40. The molecule has 28 heavy (non-hydrogen) atoms. The maximum atomic E-state index is 13.2. The number of benzene rings is 1. The van der Waals surface area contributed by atoms with Gasteiger partial charge < -0.3 is 15.4 Å². The number of fused-ring (bicyclic) bond motifs is 1. The van der Waals surface area contributed by atoms with Crippen molar-refractivity contribution < 1.29 is 13.5 Å². The van der Waals surface area contributed by atoms with Crippen molar-refractivity contribution in [3.8, 4) is 5.75 Å². The summed E-state index contributed by atoms with van der Waals surface area (Å²) in [4.78, 5) is 28.9. The van der Waals surface area contributed by atoms with E-state index in [0.29, 0.717) is 18.8 Å². The number of nitrogens with zero attached hydrogens (tertiary/aromatic N) is 2. The number of nitrogens with two attached hydrogens (primary N) is 1. The van der Waals surface area contributed by atoms with Gasteiger partial charge in [0.1, 0.15) is 5.52 Å². The molecule has 2 fully saturated rings. The van der Waals surface area contributed by atoms with Crippen LogP contribution in [0.5, 0.6) is 5.75 Å². The lowest BCUT2D eigenvalue weighted by Crippen LogP contribution is -2.32. The zero-order valence-electron chi connectivity index (χ0n) is 15.4. The van der Waals surface area contributed by atoms with Gasteiger partial charge in [0.25, 0.3) is 5.56 Å². The Balaban J connectivity index is 0.00000225. The van der Waals surface area contributed by atoms with E-state index >= 15 is 0 Å². The van der Waals surface area contributed by atoms with Gasteiger partial charge in [0.15, 0.2) is 5.75 Å². The van der Waals surface area contributed by atoms with Gasteiger partial charge in [0.05, 0.1) is 11.1 Å². The maximum absolute atomic E-state index is 13.2. The van der Waals surface area contributed by atoms with Crippen molar-refractivity contribution in [3.05, 3.63) is 33.0 Å². The summed E-state index contributed by atoms with van der Waals surface area (Å²) in [6.45, 7) is 0.117. The summed E-state index contributed by atoms with van der Waals surface area (Å²) in [6, 6.07) is 3.06. The van der Waals surface area contributed by atoms with Gasteiger partial charge in [-0.1, -0.05) is 0 Å². The summed E-state index contributed by atoms with van der Waals surface area (Å²) in [5.41, 5.74) is 5.40. The van der Waals surface area contributed by atoms with E-state index in [0.717, 1.165) is 19.3 Å². The van der Waals surface area contributed by atoms with Crippen LogP contribution in [0.25, 0.3) is 10.9 Å². The number of ether oxygens (including phenoxy) is 1. The number of hydrogen-bond donors (Lipinski definition) is 2. The molecule has 1 saturated heterocycles. The topological polar surface area (TPSA) is 93.4 Å². The van der Waals surface area contributed by atoms with Gasteiger partial charge in [-0.2, -0.15) is 8.78 Å². The number of rotatable bonds is 5. The molecule has 1 aliphatic carbocycles. The first-order valence-electron chi connectivity index (χ1n) is 9.13. The van der Waals surface area contributed by atoms with Gasteiger partial charge in [0.2, 0.25) is 0 Å². The third kappa shape index (κ3) is 3.60. The van der Waals surface area contributed by atoms with E-state index in [-0.39, 0.29) is 47.1 Å². The van der Waals surface area contributed by atoms with Crippen molar-refractivity contribution in [1.29, 1.82) is 0 Å². The molecule has 7 nitrogen and oxygen atoms in total. The van der Waals surface area contributed by atoms with Crippen molar-refractivity contribution in [3.63, 3.8) is 0 Å². The van der Waals surface area contributed by atoms with E-state index in [1.54, 1.807) is 12.1 Å². The first kappa shape index (κ1) is 20.6. The first-order valence-corrected chi connectivity index (χ1v) is 9.13. The lowest BCUT2D eigenvalue weighted by Gasteiger charge is -2.24. The Kier molecular flexibility index (Phi) is 5.67. The van der Waals surface area contributed by atoms with Gasteiger partial charge in [-0.05, 0) is 44.2 Å². The van der Waals surface area contributed by atoms with Crippen LogP contribution in [-0.2, 0) is 0 Å². The molecule has 1 aliphatic heterocycles. The van der Waals surface area contributed by atoms with E-state index in [4.69, 9.17) is 10.5 Å². The Morgan fingerprint density at radius 1 is 1.25 bits per heavy atom. The molecule has 2 aliphatic rings. The molecule has 0 unspecified atom stereocenters. The predicted molar refractivity (Wildman–Crippen MR) is 105 cm³/mol. The molecule has 0 bridgehead atoms. The van der Waals surface area contributed by atoms with Crippen molar-refractivity contribution in [2.75, 3.05) is 18.0 Å². The Labute approximate surface area is 165 Å². The van der Waals surface area contributed by atoms with Gasteiger partial charge in [-0.25, -0.2) is 4.79 Å². The predicted octanol–water partition coefficient (Wildman–Crippen LogP) is 2.22. The van der Waals surface area contributed by atoms with Crippen LogP contribution in [0.4, 0.5) is 14.5 Å². The fraction of sp³-hybridized carbons (Fsp3) is 0.556. The number of nitrogens with one attached hydrogen (secondary N) is 1. The van der Waals surface area contributed by atoms with Crippen LogP contribution < -0.4 is 26.6 Å². The molecule has 154 valence electrons. The quantitative estimate of drug-likeness (QED) is 0.779. The molecule has 3 N–H and O–H groups in total. The fourth-order valence-electron chi connectivity index (χ4n) is 3.88. The molecule has 0 amide bonds. The molecule has 1 aromatic carbocycles. The normalized spacial score (nSPS) is 20.5. The van der Waals surface area contributed by atoms with Crippen molar-refractivity contribution in [2.45, 2.75) is 44.9 Å². The monoisotopic (exact) mass is 416 g/mol. The lowest BCUT2D eigenvalue weighted by atomic mass is 10.0. The minimum absolute atomic E-state index is 0. The van der Waals surface area contributed by atoms with E-state index < -0.39 is 17.9 Å². The number of aromatic amines is 1. The average molecular weight is 417 g/mol. The molecule has 0 radical (unpaired) electrons. The molecule has 2 heterocycles. The number of H-pyrrole nitrogens is 1. The fourth-order valence-corrected chi connectivity index (χ4v) is 3.88. The first-order chi connectivity index (χ1) is 12.9. The van der Waals surface area contributed by atoms with Gasteiger partial charge in [-0.3, -0.25) is 14.3 Å². The highest BCUT2D eigenvalue weighted by molar-refractivity contribution is 5.90. The number of anilines is 1. The van der Waals surface area contributed by atoms with Crippen LogP contribution in [0.2, 0.25) is 0 Å². The lowest BCUT2D eigenvalue weighted by molar-refractivity contribution is -0.0487. The number of aromatic nitrogens is 2. The number of alkyl halides is 2. The molecular formula is C18H23ClF2N4O3. The van der Waals surface area contributed by atoms with Crippen LogP contribution in [-0.4, -0.2) is 35.3 Å². The molecule has 2 atom stereocenters. The molecule has 4 rings (SSSR count). The van der Waals surface area contributed by atoms with Crippen LogP contribution in [0.3, 0.4) is 0 Å². The summed E-state index contributed by atoms with van der Waals surface area (Å²) < 4.78 is 32.7. The van der Waals surface area contributed by atoms with Gasteiger partial charge in [0, 0.05) is 25.2 Å². The average Bonchev–Trinajstić information content (AvgIpc) is 3.30. The minimum Gasteiger partial charge on any atom is -0.430 e. The Morgan fingerprint density at radius 2 is 1.96 bits per heavy atom. The molecular weight excluding hydrogens is 394 g/mol. The van der Waals surface area contributed by atoms with Crippen molar-refractivity contribution >= 4 is 29.0 Å². The van der Waals surface area contributed by atoms with Gasteiger partial charge in [-0.15, -0.1) is 12.4 Å². The van der Waals surface area contributed by atoms with Crippen LogP contribution >= 0.6 is 12.4 Å². The van der Waals surface area contributed by atoms with Crippen LogP contribution in [0.15, 0.2) is 21.7 Å². The van der Waals surface area contributed by atoms with E-state index in [9.17, 15) is 18.4 Å². The Morgan fingerprint density at radius 3 is 2.54 bits per heavy atom. The summed E-state index contributed by atoms with van der Waals surface area (Å²) in [6.07, 6.45) is 2.36. The third-order valence-corrected chi connectivity index (χ3v) is 5.46. The molecule has 1 aromatic heterocycles. The zero-order valence-corrected chi connectivity index (χ0v) is 16.2. The summed E-state index contributed by atoms with van der Waals surface area (Å²) in [7, 11) is 0. The number of hydrogen-bond acceptors (Lipinski definition) is 5. The van der Waals surface area contributed by atoms with E-state index in [1.807, 2.05) is 11.8 Å². The SMILES string of the molecule is C[C@@H](N)[C@H]1CCN(c2ccc3c(=O)[nH]c(=O)n(C4CC4)c3c2OC(F)F)C1.Cl. The Hall–Kier alpha value is -2.13. The van der Waals surface area contributed by atoms with Crippen molar-refractivity contribution in [1.82, 2.24) is 9.55 Å². The van der Waals surface area contributed by atoms with Crippen LogP contribution in [0, 0.1) is 5.92 Å². The largest absolute Gasteiger partial charge is 0.430 e.